The first kappa shape index (κ1) is 16.2. The third-order valence-corrected chi connectivity index (χ3v) is 4.63. The molecule has 2 aliphatic heterocycles. The Morgan fingerprint density at radius 3 is 1.55 bits per heavy atom. The molecular weight excluding hydrogens is 248 g/mol. The molecule has 0 spiro atoms. The van der Waals surface area contributed by atoms with E-state index in [0.717, 1.165) is 5.92 Å². The Balaban J connectivity index is 1.64. The van der Waals surface area contributed by atoms with Crippen molar-refractivity contribution in [3.8, 4) is 0 Å². The van der Waals surface area contributed by atoms with E-state index in [2.05, 4.69) is 47.3 Å². The number of nitrogens with zero attached hydrogens (tertiary/aromatic N) is 4. The van der Waals surface area contributed by atoms with Crippen molar-refractivity contribution in [3.05, 3.63) is 0 Å². The monoisotopic (exact) mass is 282 g/mol. The molecule has 4 nitrogen and oxygen atoms in total. The molecule has 2 heterocycles. The summed E-state index contributed by atoms with van der Waals surface area (Å²) in [4.78, 5) is 10.5. The molecule has 0 aromatic heterocycles. The van der Waals surface area contributed by atoms with Crippen LogP contribution in [0.3, 0.4) is 0 Å². The quantitative estimate of drug-likeness (QED) is 0.752. The molecule has 0 N–H and O–H groups in total. The maximum Gasteiger partial charge on any atom is 0.0508 e. The molecule has 118 valence electrons. The smallest absolute Gasteiger partial charge is 0.0508 e. The fourth-order valence-electron chi connectivity index (χ4n) is 3.33. The van der Waals surface area contributed by atoms with Gasteiger partial charge in [-0.15, -0.1) is 0 Å². The second-order valence-corrected chi connectivity index (χ2v) is 7.20. The number of piperazine rings is 2. The summed E-state index contributed by atoms with van der Waals surface area (Å²) < 4.78 is 0. The van der Waals surface area contributed by atoms with Gasteiger partial charge in [-0.05, 0) is 19.8 Å². The molecule has 0 aromatic rings. The molecule has 0 radical (unpaired) electrons. The molecule has 2 fully saturated rings. The third-order valence-electron chi connectivity index (χ3n) is 4.63. The van der Waals surface area contributed by atoms with Crippen LogP contribution in [0.25, 0.3) is 0 Å². The molecule has 2 saturated heterocycles. The van der Waals surface area contributed by atoms with Crippen LogP contribution in [0.1, 0.15) is 27.7 Å². The van der Waals surface area contributed by atoms with Gasteiger partial charge in [0.05, 0.1) is 6.67 Å². The van der Waals surface area contributed by atoms with Crippen molar-refractivity contribution in [1.82, 2.24) is 19.6 Å². The zero-order chi connectivity index (χ0) is 14.5. The van der Waals surface area contributed by atoms with E-state index in [4.69, 9.17) is 0 Å². The molecular formula is C16H34N4. The zero-order valence-electron chi connectivity index (χ0n) is 14.0. The topological polar surface area (TPSA) is 13.0 Å². The van der Waals surface area contributed by atoms with E-state index < -0.39 is 0 Å². The van der Waals surface area contributed by atoms with E-state index in [1.165, 1.54) is 65.6 Å². The van der Waals surface area contributed by atoms with Crippen LogP contribution in [-0.2, 0) is 0 Å². The fraction of sp³-hybridized carbons (Fsp3) is 1.00. The van der Waals surface area contributed by atoms with Gasteiger partial charge in [0.15, 0.2) is 0 Å². The molecule has 0 bridgehead atoms. The fourth-order valence-corrected chi connectivity index (χ4v) is 3.33. The van der Waals surface area contributed by atoms with Crippen LogP contribution in [0.15, 0.2) is 0 Å². The van der Waals surface area contributed by atoms with E-state index in [0.29, 0.717) is 6.04 Å². The van der Waals surface area contributed by atoms with Crippen molar-refractivity contribution in [2.45, 2.75) is 33.7 Å². The molecule has 0 atom stereocenters. The molecule has 0 aromatic carbocycles. The van der Waals surface area contributed by atoms with Crippen LogP contribution >= 0.6 is 0 Å². The number of rotatable bonds is 5. The highest BCUT2D eigenvalue weighted by molar-refractivity contribution is 4.77. The minimum absolute atomic E-state index is 0.705. The van der Waals surface area contributed by atoms with Crippen LogP contribution in [0.5, 0.6) is 0 Å². The maximum absolute atomic E-state index is 2.64. The van der Waals surface area contributed by atoms with Gasteiger partial charge in [0.25, 0.3) is 0 Å². The maximum atomic E-state index is 2.64. The van der Waals surface area contributed by atoms with E-state index in [1.54, 1.807) is 0 Å². The Hall–Kier alpha value is -0.160. The van der Waals surface area contributed by atoms with Gasteiger partial charge < -0.3 is 4.90 Å². The SMILES string of the molecule is CC(C)CN1CCN(CN2CCN(C(C)C)CC2)CC1. The van der Waals surface area contributed by atoms with E-state index >= 15 is 0 Å². The van der Waals surface area contributed by atoms with Crippen molar-refractivity contribution in [1.29, 1.82) is 0 Å². The van der Waals surface area contributed by atoms with Crippen LogP contribution < -0.4 is 0 Å². The molecule has 0 saturated carbocycles. The summed E-state index contributed by atoms with van der Waals surface area (Å²) >= 11 is 0. The van der Waals surface area contributed by atoms with Crippen LogP contribution in [-0.4, -0.2) is 91.2 Å². The average Bonchev–Trinajstić information content (AvgIpc) is 2.41. The normalized spacial score (nSPS) is 24.9. The van der Waals surface area contributed by atoms with Gasteiger partial charge in [-0.25, -0.2) is 0 Å². The minimum Gasteiger partial charge on any atom is -0.301 e. The molecule has 2 aliphatic rings. The van der Waals surface area contributed by atoms with Gasteiger partial charge in [-0.2, -0.15) is 0 Å². The van der Waals surface area contributed by atoms with Gasteiger partial charge in [0.1, 0.15) is 0 Å². The lowest BCUT2D eigenvalue weighted by Crippen LogP contribution is -2.55. The lowest BCUT2D eigenvalue weighted by atomic mass is 10.2. The van der Waals surface area contributed by atoms with Gasteiger partial charge in [-0.1, -0.05) is 13.8 Å². The highest BCUT2D eigenvalue weighted by atomic mass is 15.4. The molecule has 0 aliphatic carbocycles. The van der Waals surface area contributed by atoms with E-state index in [9.17, 15) is 0 Å². The second-order valence-electron chi connectivity index (χ2n) is 7.20. The van der Waals surface area contributed by atoms with Gasteiger partial charge >= 0.3 is 0 Å². The highest BCUT2D eigenvalue weighted by Gasteiger charge is 2.22. The van der Waals surface area contributed by atoms with Crippen molar-refractivity contribution in [2.75, 3.05) is 65.6 Å². The molecule has 20 heavy (non-hydrogen) atoms. The second kappa shape index (κ2) is 7.74. The lowest BCUT2D eigenvalue weighted by Gasteiger charge is -2.41. The van der Waals surface area contributed by atoms with Gasteiger partial charge in [0.2, 0.25) is 0 Å². The number of hydrogen-bond acceptors (Lipinski definition) is 4. The Bertz CT molecular complexity index is 264. The lowest BCUT2D eigenvalue weighted by molar-refractivity contribution is 0.0354. The number of hydrogen-bond donors (Lipinski definition) is 0. The van der Waals surface area contributed by atoms with Crippen molar-refractivity contribution in [2.24, 2.45) is 5.92 Å². The molecule has 2 rings (SSSR count). The third kappa shape index (κ3) is 4.99. The summed E-state index contributed by atoms with van der Waals surface area (Å²) in [7, 11) is 0. The van der Waals surface area contributed by atoms with E-state index in [-0.39, 0.29) is 0 Å². The summed E-state index contributed by atoms with van der Waals surface area (Å²) in [5.74, 6) is 0.797. The Morgan fingerprint density at radius 1 is 0.650 bits per heavy atom. The first-order valence-corrected chi connectivity index (χ1v) is 8.45. The zero-order valence-corrected chi connectivity index (χ0v) is 14.0. The van der Waals surface area contributed by atoms with Crippen molar-refractivity contribution < 1.29 is 0 Å². The standard InChI is InChI=1S/C16H34N4/c1-15(2)13-17-5-7-18(8-6-17)14-19-9-11-20(12-10-19)16(3)4/h15-16H,5-14H2,1-4H3. The predicted octanol–water partition coefficient (Wildman–Crippen LogP) is 1.24. The first-order valence-electron chi connectivity index (χ1n) is 8.45. The highest BCUT2D eigenvalue weighted by Crippen LogP contribution is 2.09. The molecule has 0 unspecified atom stereocenters. The largest absolute Gasteiger partial charge is 0.301 e. The van der Waals surface area contributed by atoms with E-state index in [1.807, 2.05) is 0 Å². The summed E-state index contributed by atoms with van der Waals surface area (Å²) in [5, 5.41) is 0. The predicted molar refractivity (Wildman–Crippen MR) is 86.0 cm³/mol. The molecule has 0 amide bonds. The van der Waals surface area contributed by atoms with Crippen molar-refractivity contribution >= 4 is 0 Å². The Labute approximate surface area is 125 Å². The minimum atomic E-state index is 0.705. The van der Waals surface area contributed by atoms with Gasteiger partial charge in [-0.3, -0.25) is 14.7 Å². The van der Waals surface area contributed by atoms with Crippen LogP contribution in [0, 0.1) is 5.92 Å². The first-order chi connectivity index (χ1) is 9.54. The van der Waals surface area contributed by atoms with Gasteiger partial charge in [0, 0.05) is 64.9 Å². The summed E-state index contributed by atoms with van der Waals surface area (Å²) in [5.41, 5.74) is 0. The average molecular weight is 282 g/mol. The summed E-state index contributed by atoms with van der Waals surface area (Å²) in [6.07, 6.45) is 0. The molecule has 4 heteroatoms. The summed E-state index contributed by atoms with van der Waals surface area (Å²) in [6, 6.07) is 0.705. The summed E-state index contributed by atoms with van der Waals surface area (Å²) in [6.45, 7) is 21.7. The van der Waals surface area contributed by atoms with Crippen LogP contribution in [0.2, 0.25) is 0 Å². The Kier molecular flexibility index (Phi) is 6.27. The van der Waals surface area contributed by atoms with Crippen molar-refractivity contribution in [3.63, 3.8) is 0 Å². The Morgan fingerprint density at radius 2 is 1.10 bits per heavy atom. The van der Waals surface area contributed by atoms with Crippen LogP contribution in [0.4, 0.5) is 0 Å².